The third kappa shape index (κ3) is 5.12. The fourth-order valence-electron chi connectivity index (χ4n) is 1.88. The normalized spacial score (nSPS) is 12.2. The van der Waals surface area contributed by atoms with Crippen molar-refractivity contribution in [3.8, 4) is 0 Å². The van der Waals surface area contributed by atoms with Crippen LogP contribution in [0.4, 0.5) is 11.5 Å². The van der Waals surface area contributed by atoms with Gasteiger partial charge in [0.05, 0.1) is 4.92 Å². The highest BCUT2D eigenvalue weighted by Gasteiger charge is 2.17. The van der Waals surface area contributed by atoms with Gasteiger partial charge in [-0.15, -0.1) is 0 Å². The summed E-state index contributed by atoms with van der Waals surface area (Å²) in [4.78, 5) is 14.5. The van der Waals surface area contributed by atoms with Crippen LogP contribution in [-0.2, 0) is 0 Å². The predicted octanol–water partition coefficient (Wildman–Crippen LogP) is 2.96. The third-order valence-electron chi connectivity index (χ3n) is 2.82. The van der Waals surface area contributed by atoms with Crippen LogP contribution >= 0.6 is 15.9 Å². The highest BCUT2D eigenvalue weighted by atomic mass is 79.9. The molecule has 1 rings (SSSR count). The molecule has 0 saturated carbocycles. The van der Waals surface area contributed by atoms with E-state index in [1.807, 2.05) is 0 Å². The van der Waals surface area contributed by atoms with Gasteiger partial charge in [0.2, 0.25) is 5.82 Å². The summed E-state index contributed by atoms with van der Waals surface area (Å²) in [6, 6.07) is 1.43. The van der Waals surface area contributed by atoms with Gasteiger partial charge in [0.1, 0.15) is 0 Å². The number of rotatable bonds is 8. The number of aliphatic hydroxyl groups is 1. The van der Waals surface area contributed by atoms with E-state index in [1.165, 1.54) is 12.3 Å². The number of nitro groups is 1. The fraction of sp³-hybridized carbons (Fsp3) is 0.583. The molecule has 0 spiro atoms. The molecule has 1 atom stereocenters. The molecule has 0 fully saturated rings. The highest BCUT2D eigenvalue weighted by Crippen LogP contribution is 2.25. The van der Waals surface area contributed by atoms with Gasteiger partial charge in [0, 0.05) is 29.9 Å². The molecule has 0 amide bonds. The summed E-state index contributed by atoms with van der Waals surface area (Å²) in [5, 5.41) is 22.9. The first-order valence-corrected chi connectivity index (χ1v) is 7.02. The minimum Gasteiger partial charge on any atom is -0.396 e. The van der Waals surface area contributed by atoms with Crippen LogP contribution in [0.25, 0.3) is 0 Å². The Morgan fingerprint density at radius 1 is 1.58 bits per heavy atom. The molecule has 0 bridgehead atoms. The lowest BCUT2D eigenvalue weighted by Crippen LogP contribution is -2.17. The first-order chi connectivity index (χ1) is 9.08. The summed E-state index contributed by atoms with van der Waals surface area (Å²) in [5.74, 6) is 0.562. The molecule has 7 heteroatoms. The minimum atomic E-state index is -0.457. The number of aromatic nitrogens is 1. The number of aliphatic hydroxyl groups excluding tert-OH is 1. The van der Waals surface area contributed by atoms with Crippen molar-refractivity contribution in [2.45, 2.75) is 26.2 Å². The maximum absolute atomic E-state index is 10.9. The second-order valence-electron chi connectivity index (χ2n) is 4.33. The molecular weight excluding hydrogens is 314 g/mol. The maximum atomic E-state index is 10.9. The van der Waals surface area contributed by atoms with Gasteiger partial charge < -0.3 is 10.4 Å². The Hall–Kier alpha value is -1.21. The van der Waals surface area contributed by atoms with Gasteiger partial charge in [-0.2, -0.15) is 0 Å². The van der Waals surface area contributed by atoms with Crippen LogP contribution in [0.1, 0.15) is 26.2 Å². The Morgan fingerprint density at radius 3 is 2.89 bits per heavy atom. The average Bonchev–Trinajstić information content (AvgIpc) is 2.37. The maximum Gasteiger partial charge on any atom is 0.312 e. The van der Waals surface area contributed by atoms with E-state index in [2.05, 4.69) is 33.2 Å². The Balaban J connectivity index is 2.73. The van der Waals surface area contributed by atoms with Gasteiger partial charge in [0.25, 0.3) is 0 Å². The smallest absolute Gasteiger partial charge is 0.312 e. The Kier molecular flexibility index (Phi) is 6.72. The molecular formula is C12H18BrN3O3. The summed E-state index contributed by atoms with van der Waals surface area (Å²) >= 11 is 3.17. The standard InChI is InChI=1S/C12H18BrN3O3/c1-2-3-9(4-5-17)7-14-12-11(16(18)19)6-10(13)8-15-12/h6,8-9,17H,2-5,7H2,1H3,(H,14,15). The van der Waals surface area contributed by atoms with Gasteiger partial charge in [-0.25, -0.2) is 4.98 Å². The first-order valence-electron chi connectivity index (χ1n) is 6.23. The van der Waals surface area contributed by atoms with Crippen molar-refractivity contribution in [1.82, 2.24) is 4.98 Å². The van der Waals surface area contributed by atoms with Gasteiger partial charge in [-0.05, 0) is 34.7 Å². The van der Waals surface area contributed by atoms with Crippen molar-refractivity contribution < 1.29 is 10.0 Å². The van der Waals surface area contributed by atoms with Crippen LogP contribution in [0, 0.1) is 16.0 Å². The van der Waals surface area contributed by atoms with E-state index in [4.69, 9.17) is 5.11 Å². The van der Waals surface area contributed by atoms with Crippen LogP contribution in [0.3, 0.4) is 0 Å². The molecule has 0 aliphatic carbocycles. The van der Waals surface area contributed by atoms with E-state index in [0.29, 0.717) is 23.4 Å². The molecule has 1 aromatic rings. The van der Waals surface area contributed by atoms with E-state index in [1.54, 1.807) is 0 Å². The van der Waals surface area contributed by atoms with Crippen LogP contribution in [0.15, 0.2) is 16.7 Å². The van der Waals surface area contributed by atoms with E-state index < -0.39 is 4.92 Å². The summed E-state index contributed by atoms with van der Waals surface area (Å²) in [6.45, 7) is 2.77. The lowest BCUT2D eigenvalue weighted by Gasteiger charge is -2.15. The largest absolute Gasteiger partial charge is 0.396 e. The second-order valence-corrected chi connectivity index (χ2v) is 5.24. The molecule has 0 aliphatic rings. The minimum absolute atomic E-state index is 0.0476. The van der Waals surface area contributed by atoms with Gasteiger partial charge in [-0.1, -0.05) is 13.3 Å². The van der Waals surface area contributed by atoms with Crippen molar-refractivity contribution in [1.29, 1.82) is 0 Å². The molecule has 1 aromatic heterocycles. The Morgan fingerprint density at radius 2 is 2.32 bits per heavy atom. The Bertz CT molecular complexity index is 423. The van der Waals surface area contributed by atoms with Gasteiger partial charge in [0.15, 0.2) is 0 Å². The highest BCUT2D eigenvalue weighted by molar-refractivity contribution is 9.10. The van der Waals surface area contributed by atoms with Gasteiger partial charge in [-0.3, -0.25) is 10.1 Å². The molecule has 1 unspecified atom stereocenters. The number of hydrogen-bond donors (Lipinski definition) is 2. The topological polar surface area (TPSA) is 88.3 Å². The number of anilines is 1. The number of hydrogen-bond acceptors (Lipinski definition) is 5. The SMILES string of the molecule is CCCC(CCO)CNc1ncc(Br)cc1[N+](=O)[O-]. The number of halogens is 1. The monoisotopic (exact) mass is 331 g/mol. The van der Waals surface area contributed by atoms with Crippen molar-refractivity contribution in [2.24, 2.45) is 5.92 Å². The second kappa shape index (κ2) is 8.06. The predicted molar refractivity (Wildman–Crippen MR) is 77.2 cm³/mol. The lowest BCUT2D eigenvalue weighted by atomic mass is 10.0. The molecule has 19 heavy (non-hydrogen) atoms. The molecule has 106 valence electrons. The summed E-state index contributed by atoms with van der Waals surface area (Å²) in [5.41, 5.74) is -0.0476. The zero-order valence-electron chi connectivity index (χ0n) is 10.8. The Labute approximate surface area is 120 Å². The van der Waals surface area contributed by atoms with E-state index in [0.717, 1.165) is 12.8 Å². The van der Waals surface area contributed by atoms with Gasteiger partial charge >= 0.3 is 5.69 Å². The molecule has 6 nitrogen and oxygen atoms in total. The summed E-state index contributed by atoms with van der Waals surface area (Å²) < 4.78 is 0.574. The van der Waals surface area contributed by atoms with E-state index in [9.17, 15) is 10.1 Å². The summed E-state index contributed by atoms with van der Waals surface area (Å²) in [7, 11) is 0. The first kappa shape index (κ1) is 15.8. The number of nitrogens with one attached hydrogen (secondary N) is 1. The number of pyridine rings is 1. The molecule has 0 radical (unpaired) electrons. The molecule has 0 aromatic carbocycles. The quantitative estimate of drug-likeness (QED) is 0.564. The molecule has 0 saturated heterocycles. The number of nitrogens with zero attached hydrogens (tertiary/aromatic N) is 2. The zero-order valence-corrected chi connectivity index (χ0v) is 12.4. The molecule has 1 heterocycles. The van der Waals surface area contributed by atoms with Crippen LogP contribution in [0.5, 0.6) is 0 Å². The van der Waals surface area contributed by atoms with E-state index in [-0.39, 0.29) is 18.1 Å². The molecule has 2 N–H and O–H groups in total. The van der Waals surface area contributed by atoms with Crippen molar-refractivity contribution in [3.05, 3.63) is 26.9 Å². The lowest BCUT2D eigenvalue weighted by molar-refractivity contribution is -0.384. The fourth-order valence-corrected chi connectivity index (χ4v) is 2.20. The molecule has 0 aliphatic heterocycles. The van der Waals surface area contributed by atoms with Crippen molar-refractivity contribution in [3.63, 3.8) is 0 Å². The zero-order chi connectivity index (χ0) is 14.3. The van der Waals surface area contributed by atoms with E-state index >= 15 is 0 Å². The van der Waals surface area contributed by atoms with Crippen LogP contribution in [0.2, 0.25) is 0 Å². The van der Waals surface area contributed by atoms with Crippen molar-refractivity contribution in [2.75, 3.05) is 18.5 Å². The van der Waals surface area contributed by atoms with Crippen LogP contribution in [-0.4, -0.2) is 28.2 Å². The van der Waals surface area contributed by atoms with Crippen molar-refractivity contribution >= 4 is 27.4 Å². The summed E-state index contributed by atoms with van der Waals surface area (Å²) in [6.07, 6.45) is 4.20. The van der Waals surface area contributed by atoms with Crippen LogP contribution < -0.4 is 5.32 Å². The third-order valence-corrected chi connectivity index (χ3v) is 3.26. The average molecular weight is 332 g/mol.